The number of rotatable bonds is 6. The molecule has 0 spiro atoms. The Morgan fingerprint density at radius 3 is 2.58 bits per heavy atom. The van der Waals surface area contributed by atoms with Crippen molar-refractivity contribution >= 4 is 17.9 Å². The normalized spacial score (nSPS) is 10.7. The lowest BCUT2D eigenvalue weighted by Crippen LogP contribution is -2.33. The molecule has 7 heteroatoms. The summed E-state index contributed by atoms with van der Waals surface area (Å²) in [6.45, 7) is -0.0967. The smallest absolute Gasteiger partial charge is 0.269 e. The van der Waals surface area contributed by atoms with Crippen molar-refractivity contribution in [2.75, 3.05) is 18.7 Å². The largest absolute Gasteiger partial charge is 0.497 e. The Kier molecular flexibility index (Phi) is 5.36. The van der Waals surface area contributed by atoms with Gasteiger partial charge in [0.15, 0.2) is 0 Å². The summed E-state index contributed by atoms with van der Waals surface area (Å²) in [7, 11) is 1.56. The third-order valence-electron chi connectivity index (χ3n) is 2.26. The molecule has 0 unspecified atom stereocenters. The highest BCUT2D eigenvalue weighted by Crippen LogP contribution is 2.17. The van der Waals surface area contributed by atoms with E-state index in [0.29, 0.717) is 17.7 Å². The lowest BCUT2D eigenvalue weighted by Gasteiger charge is -2.15. The van der Waals surface area contributed by atoms with Crippen LogP contribution in [0.15, 0.2) is 36.2 Å². The van der Waals surface area contributed by atoms with Gasteiger partial charge in [0.1, 0.15) is 17.7 Å². The fourth-order valence-electron chi connectivity index (χ4n) is 1.27. The molecule has 1 aromatic carbocycles. The van der Waals surface area contributed by atoms with Crippen LogP contribution in [-0.4, -0.2) is 25.8 Å². The van der Waals surface area contributed by atoms with Gasteiger partial charge in [-0.2, -0.15) is 0 Å². The van der Waals surface area contributed by atoms with Crippen LogP contribution >= 0.6 is 0 Å². The molecule has 0 aliphatic carbocycles. The molecule has 0 aliphatic heterocycles. The van der Waals surface area contributed by atoms with Gasteiger partial charge in [0.05, 0.1) is 19.3 Å². The van der Waals surface area contributed by atoms with Crippen molar-refractivity contribution in [3.05, 3.63) is 36.2 Å². The summed E-state index contributed by atoms with van der Waals surface area (Å²) in [6, 6.07) is 6.88. The van der Waals surface area contributed by atoms with Crippen molar-refractivity contribution in [2.45, 2.75) is 0 Å². The van der Waals surface area contributed by atoms with Crippen molar-refractivity contribution in [2.24, 2.45) is 11.6 Å². The summed E-state index contributed by atoms with van der Waals surface area (Å²) in [5, 5.41) is 3.51. The number of ether oxygens (including phenoxy) is 1. The van der Waals surface area contributed by atoms with Crippen molar-refractivity contribution in [3.8, 4) is 5.75 Å². The lowest BCUT2D eigenvalue weighted by atomic mass is 10.3. The highest BCUT2D eigenvalue weighted by atomic mass is 16.5. The van der Waals surface area contributed by atoms with E-state index in [1.54, 1.807) is 31.4 Å². The molecule has 102 valence electrons. The summed E-state index contributed by atoms with van der Waals surface area (Å²) >= 11 is 0. The SMILES string of the molecule is COc1ccc(N(N)/C=C(\N)C(=O)NCC=O)cc1. The Balaban J connectivity index is 2.73. The first-order chi connectivity index (χ1) is 9.08. The number of aldehydes is 1. The number of methoxy groups -OCH3 is 1. The maximum Gasteiger partial charge on any atom is 0.269 e. The number of hydrogen-bond donors (Lipinski definition) is 3. The lowest BCUT2D eigenvalue weighted by molar-refractivity contribution is -0.119. The molecule has 0 aliphatic rings. The average molecular weight is 264 g/mol. The monoisotopic (exact) mass is 264 g/mol. The van der Waals surface area contributed by atoms with Gasteiger partial charge in [-0.1, -0.05) is 0 Å². The average Bonchev–Trinajstić information content (AvgIpc) is 2.44. The number of benzene rings is 1. The molecule has 0 saturated heterocycles. The third kappa shape index (κ3) is 4.32. The first-order valence-electron chi connectivity index (χ1n) is 5.45. The fraction of sp³-hybridized carbons (Fsp3) is 0.167. The molecule has 0 fully saturated rings. The van der Waals surface area contributed by atoms with Gasteiger partial charge in [-0.15, -0.1) is 0 Å². The van der Waals surface area contributed by atoms with E-state index in [2.05, 4.69) is 5.32 Å². The van der Waals surface area contributed by atoms with Crippen LogP contribution in [0, 0.1) is 0 Å². The Labute approximate surface area is 110 Å². The molecule has 0 bridgehead atoms. The molecular formula is C12H16N4O3. The van der Waals surface area contributed by atoms with Crippen molar-refractivity contribution in [1.29, 1.82) is 0 Å². The first-order valence-corrected chi connectivity index (χ1v) is 5.45. The van der Waals surface area contributed by atoms with Crippen LogP contribution in [0.5, 0.6) is 5.75 Å². The molecule has 0 atom stereocenters. The molecule has 0 aromatic heterocycles. The van der Waals surface area contributed by atoms with Gasteiger partial charge in [0, 0.05) is 6.20 Å². The molecule has 0 radical (unpaired) electrons. The van der Waals surface area contributed by atoms with Crippen molar-refractivity contribution in [1.82, 2.24) is 5.32 Å². The van der Waals surface area contributed by atoms with E-state index in [9.17, 15) is 9.59 Å². The van der Waals surface area contributed by atoms with Gasteiger partial charge in [-0.05, 0) is 24.3 Å². The van der Waals surface area contributed by atoms with E-state index in [-0.39, 0.29) is 12.2 Å². The maximum atomic E-state index is 11.4. The Morgan fingerprint density at radius 2 is 2.05 bits per heavy atom. The van der Waals surface area contributed by atoms with Gasteiger partial charge in [-0.25, -0.2) is 5.84 Å². The summed E-state index contributed by atoms with van der Waals surface area (Å²) in [5.41, 5.74) is 6.07. The Hall–Kier alpha value is -2.54. The van der Waals surface area contributed by atoms with Gasteiger partial charge in [-0.3, -0.25) is 9.80 Å². The number of nitrogens with one attached hydrogen (secondary N) is 1. The molecular weight excluding hydrogens is 248 g/mol. The number of hydrazine groups is 1. The van der Waals surface area contributed by atoms with Gasteiger partial charge >= 0.3 is 0 Å². The van der Waals surface area contributed by atoms with Gasteiger partial charge in [0.25, 0.3) is 5.91 Å². The number of amides is 1. The predicted octanol–water partition coefficient (Wildman–Crippen LogP) is -0.509. The van der Waals surface area contributed by atoms with E-state index in [1.165, 1.54) is 11.2 Å². The minimum atomic E-state index is -0.559. The van der Waals surface area contributed by atoms with E-state index in [4.69, 9.17) is 16.3 Å². The highest BCUT2D eigenvalue weighted by molar-refractivity contribution is 5.93. The summed E-state index contributed by atoms with van der Waals surface area (Å²) in [4.78, 5) is 21.5. The van der Waals surface area contributed by atoms with E-state index in [0.717, 1.165) is 0 Å². The van der Waals surface area contributed by atoms with E-state index in [1.807, 2.05) is 0 Å². The highest BCUT2D eigenvalue weighted by Gasteiger charge is 2.06. The van der Waals surface area contributed by atoms with Crippen LogP contribution in [0.4, 0.5) is 5.69 Å². The summed E-state index contributed by atoms with van der Waals surface area (Å²) in [6.07, 6.45) is 1.83. The number of carbonyl (C=O) groups is 2. The second kappa shape index (κ2) is 7.02. The predicted molar refractivity (Wildman–Crippen MR) is 71.0 cm³/mol. The second-order valence-electron chi connectivity index (χ2n) is 3.57. The topological polar surface area (TPSA) is 111 Å². The van der Waals surface area contributed by atoms with Crippen molar-refractivity contribution < 1.29 is 14.3 Å². The van der Waals surface area contributed by atoms with Crippen molar-refractivity contribution in [3.63, 3.8) is 0 Å². The molecule has 0 saturated carbocycles. The zero-order valence-corrected chi connectivity index (χ0v) is 10.5. The van der Waals surface area contributed by atoms with E-state index < -0.39 is 5.91 Å². The quantitative estimate of drug-likeness (QED) is 0.276. The zero-order chi connectivity index (χ0) is 14.3. The molecule has 7 nitrogen and oxygen atoms in total. The minimum absolute atomic E-state index is 0.0967. The Morgan fingerprint density at radius 1 is 1.42 bits per heavy atom. The van der Waals surface area contributed by atoms with Crippen LogP contribution in [0.25, 0.3) is 0 Å². The van der Waals surface area contributed by atoms with E-state index >= 15 is 0 Å². The molecule has 5 N–H and O–H groups in total. The molecule has 1 aromatic rings. The van der Waals surface area contributed by atoms with Crippen LogP contribution in [0.1, 0.15) is 0 Å². The number of nitrogens with zero attached hydrogens (tertiary/aromatic N) is 1. The molecule has 1 amide bonds. The second-order valence-corrected chi connectivity index (χ2v) is 3.57. The standard InChI is InChI=1S/C12H16N4O3/c1-19-10-4-2-9(3-5-10)16(14)8-11(13)12(18)15-6-7-17/h2-5,7-8H,6,13-14H2,1H3,(H,15,18)/b11-8-. The minimum Gasteiger partial charge on any atom is -0.497 e. The fourth-order valence-corrected chi connectivity index (χ4v) is 1.27. The molecule has 1 rings (SSSR count). The number of nitrogens with two attached hydrogens (primary N) is 2. The zero-order valence-electron chi connectivity index (χ0n) is 10.5. The number of hydrogen-bond acceptors (Lipinski definition) is 6. The van der Waals surface area contributed by atoms with Gasteiger partial charge < -0.3 is 20.6 Å². The van der Waals surface area contributed by atoms with Crippen LogP contribution in [0.3, 0.4) is 0 Å². The van der Waals surface area contributed by atoms with Crippen LogP contribution in [0.2, 0.25) is 0 Å². The number of anilines is 1. The molecule has 0 heterocycles. The summed E-state index contributed by atoms with van der Waals surface area (Å²) in [5.74, 6) is 5.87. The van der Waals surface area contributed by atoms with Gasteiger partial charge in [0.2, 0.25) is 0 Å². The number of carbonyl (C=O) groups excluding carboxylic acids is 2. The summed E-state index contributed by atoms with van der Waals surface area (Å²) < 4.78 is 5.02. The Bertz CT molecular complexity index is 470. The van der Waals surface area contributed by atoms with Crippen LogP contribution in [-0.2, 0) is 9.59 Å². The maximum absolute atomic E-state index is 11.4. The molecule has 19 heavy (non-hydrogen) atoms. The third-order valence-corrected chi connectivity index (χ3v) is 2.26. The van der Waals surface area contributed by atoms with Crippen LogP contribution < -0.4 is 26.6 Å². The first kappa shape index (κ1) is 14.5.